The van der Waals surface area contributed by atoms with E-state index in [1.54, 1.807) is 18.2 Å². The summed E-state index contributed by atoms with van der Waals surface area (Å²) in [5, 5.41) is 0.530. The first-order chi connectivity index (χ1) is 16.3. The summed E-state index contributed by atoms with van der Waals surface area (Å²) < 4.78 is 8.05. The highest BCUT2D eigenvalue weighted by atomic mass is 16.5. The van der Waals surface area contributed by atoms with Gasteiger partial charge in [-0.05, 0) is 49.7 Å². The number of likely N-dealkylation sites (tertiary alicyclic amines) is 1. The van der Waals surface area contributed by atoms with E-state index in [0.29, 0.717) is 36.1 Å². The Labute approximate surface area is 200 Å². The minimum absolute atomic E-state index is 0.0558. The number of benzene rings is 1. The van der Waals surface area contributed by atoms with Crippen molar-refractivity contribution in [3.8, 4) is 5.75 Å². The zero-order chi connectivity index (χ0) is 24.1. The Morgan fingerprint density at radius 1 is 1.00 bits per heavy atom. The number of hydrogen-bond acceptors (Lipinski definition) is 6. The van der Waals surface area contributed by atoms with Gasteiger partial charge in [0.1, 0.15) is 5.56 Å². The van der Waals surface area contributed by atoms with Gasteiger partial charge in [0.25, 0.3) is 5.91 Å². The van der Waals surface area contributed by atoms with Crippen LogP contribution in [0, 0.1) is 11.8 Å². The molecule has 8 nitrogen and oxygen atoms in total. The van der Waals surface area contributed by atoms with Gasteiger partial charge in [-0.15, -0.1) is 0 Å². The van der Waals surface area contributed by atoms with Crippen molar-refractivity contribution in [1.82, 2.24) is 9.47 Å². The monoisotopic (exact) mass is 467 g/mol. The number of pyridine rings is 1. The second-order valence-electron chi connectivity index (χ2n) is 10.8. The molecule has 3 fully saturated rings. The molecule has 0 unspecified atom stereocenters. The van der Waals surface area contributed by atoms with Crippen LogP contribution in [0.1, 0.15) is 55.9 Å². The molecule has 3 heterocycles. The average molecular weight is 468 g/mol. The minimum atomic E-state index is -0.239. The first kappa shape index (κ1) is 23.2. The van der Waals surface area contributed by atoms with Crippen molar-refractivity contribution >= 4 is 22.5 Å². The van der Waals surface area contributed by atoms with Crippen molar-refractivity contribution in [2.45, 2.75) is 57.7 Å². The number of nitrogens with two attached hydrogens (primary N) is 2. The average Bonchev–Trinajstić information content (AvgIpc) is 3.62. The predicted molar refractivity (Wildman–Crippen MR) is 135 cm³/mol. The zero-order valence-corrected chi connectivity index (χ0v) is 20.5. The van der Waals surface area contributed by atoms with E-state index in [9.17, 15) is 9.59 Å². The summed E-state index contributed by atoms with van der Waals surface area (Å²) in [6, 6.07) is 4.13. The van der Waals surface area contributed by atoms with Gasteiger partial charge in [-0.1, -0.05) is 13.8 Å². The third-order valence-corrected chi connectivity index (χ3v) is 7.51. The van der Waals surface area contributed by atoms with Crippen LogP contribution in [-0.4, -0.2) is 60.7 Å². The molecule has 2 aliphatic heterocycles. The second-order valence-corrected chi connectivity index (χ2v) is 10.8. The lowest BCUT2D eigenvalue weighted by molar-refractivity contribution is 0.0659. The van der Waals surface area contributed by atoms with Crippen LogP contribution in [0.15, 0.2) is 23.1 Å². The van der Waals surface area contributed by atoms with Crippen molar-refractivity contribution in [1.29, 1.82) is 0 Å². The standard InChI is InChI=1S/C26H37N5O3/c1-15-8-17(27)12-29(10-15)22-7-6-20-23(25(22)34-3)31(19-4-5-19)14-21(24(20)32)26(33)30-11-16(2)9-18(28)13-30/h6-7,14-19H,4-5,8-13,27-28H2,1-3H3/t15-,16-,17-,18-/m0/s1. The van der Waals surface area contributed by atoms with Crippen LogP contribution in [0.2, 0.25) is 0 Å². The molecule has 1 amide bonds. The van der Waals surface area contributed by atoms with Crippen LogP contribution in [0.3, 0.4) is 0 Å². The lowest BCUT2D eigenvalue weighted by atomic mass is 9.95. The quantitative estimate of drug-likeness (QED) is 0.715. The summed E-state index contributed by atoms with van der Waals surface area (Å²) in [7, 11) is 1.66. The van der Waals surface area contributed by atoms with Gasteiger partial charge >= 0.3 is 0 Å². The van der Waals surface area contributed by atoms with Gasteiger partial charge in [0.15, 0.2) is 5.75 Å². The minimum Gasteiger partial charge on any atom is -0.492 e. The number of carbonyl (C=O) groups excluding carboxylic acids is 1. The molecule has 1 saturated carbocycles. The van der Waals surface area contributed by atoms with Crippen LogP contribution < -0.4 is 26.5 Å². The molecule has 0 bridgehead atoms. The van der Waals surface area contributed by atoms with Crippen LogP contribution in [0.25, 0.3) is 10.9 Å². The van der Waals surface area contributed by atoms with E-state index in [1.165, 1.54) is 0 Å². The molecular formula is C26H37N5O3. The maximum Gasteiger partial charge on any atom is 0.259 e. The van der Waals surface area contributed by atoms with E-state index < -0.39 is 0 Å². The number of ether oxygens (including phenoxy) is 1. The maximum absolute atomic E-state index is 13.6. The van der Waals surface area contributed by atoms with Gasteiger partial charge in [-0.2, -0.15) is 0 Å². The summed E-state index contributed by atoms with van der Waals surface area (Å²) in [6.07, 6.45) is 5.72. The van der Waals surface area contributed by atoms with Gasteiger partial charge in [0.05, 0.1) is 23.7 Å². The van der Waals surface area contributed by atoms with E-state index >= 15 is 0 Å². The Hall–Kier alpha value is -2.58. The molecule has 184 valence electrons. The number of aromatic nitrogens is 1. The first-order valence-electron chi connectivity index (χ1n) is 12.6. The van der Waals surface area contributed by atoms with Gasteiger partial charge in [-0.3, -0.25) is 9.59 Å². The molecule has 5 rings (SSSR count). The fraction of sp³-hybridized carbons (Fsp3) is 0.615. The fourth-order valence-electron chi connectivity index (χ4n) is 5.98. The maximum atomic E-state index is 13.6. The topological polar surface area (TPSA) is 107 Å². The number of piperidine rings is 2. The second kappa shape index (κ2) is 8.89. The van der Waals surface area contributed by atoms with Crippen LogP contribution in [0.5, 0.6) is 5.75 Å². The highest BCUT2D eigenvalue weighted by molar-refractivity contribution is 6.00. The predicted octanol–water partition coefficient (Wildman–Crippen LogP) is 2.33. The normalized spacial score (nSPS) is 27.8. The van der Waals surface area contributed by atoms with Crippen molar-refractivity contribution in [2.24, 2.45) is 23.3 Å². The molecule has 1 aromatic carbocycles. The summed E-state index contributed by atoms with van der Waals surface area (Å²) in [6.45, 7) is 7.08. The van der Waals surface area contributed by atoms with Gasteiger partial charge in [0, 0.05) is 50.5 Å². The van der Waals surface area contributed by atoms with Gasteiger partial charge in [0.2, 0.25) is 5.43 Å². The number of rotatable bonds is 4. The van der Waals surface area contributed by atoms with Gasteiger partial charge in [-0.25, -0.2) is 0 Å². The molecule has 4 N–H and O–H groups in total. The summed E-state index contributed by atoms with van der Waals surface area (Å²) in [5.41, 5.74) is 14.2. The van der Waals surface area contributed by atoms with E-state index in [0.717, 1.165) is 50.0 Å². The molecule has 8 heteroatoms. The third kappa shape index (κ3) is 4.18. The van der Waals surface area contributed by atoms with Crippen molar-refractivity contribution in [3.63, 3.8) is 0 Å². The smallest absolute Gasteiger partial charge is 0.259 e. The van der Waals surface area contributed by atoms with Gasteiger partial charge < -0.3 is 30.6 Å². The lowest BCUT2D eigenvalue weighted by Gasteiger charge is -2.37. The third-order valence-electron chi connectivity index (χ3n) is 7.51. The molecule has 1 aromatic heterocycles. The van der Waals surface area contributed by atoms with Crippen LogP contribution in [0.4, 0.5) is 5.69 Å². The Morgan fingerprint density at radius 2 is 1.68 bits per heavy atom. The molecule has 0 radical (unpaired) electrons. The lowest BCUT2D eigenvalue weighted by Crippen LogP contribution is -2.49. The molecule has 34 heavy (non-hydrogen) atoms. The van der Waals surface area contributed by atoms with Crippen LogP contribution >= 0.6 is 0 Å². The fourth-order valence-corrected chi connectivity index (χ4v) is 5.98. The number of hydrogen-bond donors (Lipinski definition) is 2. The van der Waals surface area contributed by atoms with E-state index in [4.69, 9.17) is 16.2 Å². The van der Waals surface area contributed by atoms with Crippen molar-refractivity contribution in [3.05, 3.63) is 34.1 Å². The number of methoxy groups -OCH3 is 1. The number of nitrogens with zero attached hydrogens (tertiary/aromatic N) is 3. The van der Waals surface area contributed by atoms with E-state index in [2.05, 4.69) is 23.3 Å². The Kier molecular flexibility index (Phi) is 6.06. The summed E-state index contributed by atoms with van der Waals surface area (Å²) in [4.78, 5) is 31.2. The van der Waals surface area contributed by atoms with E-state index in [-0.39, 0.29) is 35.0 Å². The summed E-state index contributed by atoms with van der Waals surface area (Å²) >= 11 is 0. The Morgan fingerprint density at radius 3 is 2.29 bits per heavy atom. The van der Waals surface area contributed by atoms with Crippen molar-refractivity contribution < 1.29 is 9.53 Å². The number of carbonyl (C=O) groups is 1. The molecule has 4 atom stereocenters. The molecule has 2 aromatic rings. The molecule has 3 aliphatic rings. The summed E-state index contributed by atoms with van der Waals surface area (Å²) in [5.74, 6) is 1.27. The Balaban J connectivity index is 1.63. The van der Waals surface area contributed by atoms with Crippen LogP contribution in [-0.2, 0) is 0 Å². The largest absolute Gasteiger partial charge is 0.492 e. The first-order valence-corrected chi connectivity index (χ1v) is 12.6. The highest BCUT2D eigenvalue weighted by Gasteiger charge is 2.33. The molecule has 2 saturated heterocycles. The zero-order valence-electron chi connectivity index (χ0n) is 20.5. The number of anilines is 1. The molecule has 1 aliphatic carbocycles. The molecule has 0 spiro atoms. The van der Waals surface area contributed by atoms with Crippen molar-refractivity contribution in [2.75, 3.05) is 38.2 Å². The number of fused-ring (bicyclic) bond motifs is 1. The van der Waals surface area contributed by atoms with E-state index in [1.807, 2.05) is 12.1 Å². The SMILES string of the molecule is COc1c(N2C[C@@H](C)C[C@H](N)C2)ccc2c(=O)c(C(=O)N3C[C@@H](C)C[C@H](N)C3)cn(C3CC3)c12. The highest BCUT2D eigenvalue weighted by Crippen LogP contribution is 2.43. The number of amides is 1. The Bertz CT molecular complexity index is 1140. The molecular weight excluding hydrogens is 430 g/mol.